The first-order chi connectivity index (χ1) is 13.2. The minimum atomic E-state index is -2.67. The molecule has 2 aromatic carbocycles. The molecular formula is C22H28N+. The molecule has 120 valence electrons. The van der Waals surface area contributed by atoms with Crippen LogP contribution in [0.25, 0.3) is 5.57 Å². The lowest BCUT2D eigenvalue weighted by Crippen LogP contribution is -2.50. The molecule has 3 rings (SSSR count). The molecule has 2 unspecified atom stereocenters. The van der Waals surface area contributed by atoms with Crippen LogP contribution >= 0.6 is 0 Å². The average Bonchev–Trinajstić information content (AvgIpc) is 3.01. The van der Waals surface area contributed by atoms with E-state index in [1.54, 1.807) is 0 Å². The first-order valence-electron chi connectivity index (χ1n) is 10.9. The van der Waals surface area contributed by atoms with E-state index < -0.39 is 13.3 Å². The summed E-state index contributed by atoms with van der Waals surface area (Å²) >= 11 is 0. The number of likely N-dealkylation sites (tertiary alicyclic amines) is 1. The number of benzene rings is 2. The molecule has 0 radical (unpaired) electrons. The van der Waals surface area contributed by atoms with Gasteiger partial charge in [-0.05, 0) is 37.4 Å². The summed E-state index contributed by atoms with van der Waals surface area (Å²) in [6, 6.07) is 20.0. The molecule has 0 aliphatic carbocycles. The Morgan fingerprint density at radius 3 is 2.13 bits per heavy atom. The van der Waals surface area contributed by atoms with E-state index in [0.29, 0.717) is 19.5 Å². The zero-order valence-corrected chi connectivity index (χ0v) is 13.9. The molecule has 1 aliphatic heterocycles. The molecule has 1 fully saturated rings. The van der Waals surface area contributed by atoms with Crippen LogP contribution in [0.3, 0.4) is 0 Å². The van der Waals surface area contributed by atoms with Crippen molar-refractivity contribution in [2.24, 2.45) is 0 Å². The van der Waals surface area contributed by atoms with Crippen LogP contribution < -0.4 is 0 Å². The Labute approximate surface area is 147 Å². The average molecular weight is 312 g/mol. The lowest BCUT2D eigenvalue weighted by atomic mass is 9.90. The second-order valence-electron chi connectivity index (χ2n) is 6.24. The van der Waals surface area contributed by atoms with Gasteiger partial charge in [-0.3, -0.25) is 0 Å². The van der Waals surface area contributed by atoms with Crippen molar-refractivity contribution in [2.45, 2.75) is 33.2 Å². The van der Waals surface area contributed by atoms with Gasteiger partial charge in [0.25, 0.3) is 0 Å². The maximum atomic E-state index is 8.55. The van der Waals surface area contributed by atoms with Crippen LogP contribution in [0.15, 0.2) is 66.2 Å². The van der Waals surface area contributed by atoms with Crippen LogP contribution in [-0.2, 0) is 0 Å². The normalized spacial score (nSPS) is 28.3. The molecule has 2 atom stereocenters. The van der Waals surface area contributed by atoms with E-state index in [9.17, 15) is 0 Å². The van der Waals surface area contributed by atoms with E-state index in [1.165, 1.54) is 0 Å². The van der Waals surface area contributed by atoms with E-state index in [0.717, 1.165) is 22.3 Å². The molecular weight excluding hydrogens is 278 g/mol. The highest BCUT2D eigenvalue weighted by Crippen LogP contribution is 2.38. The predicted molar refractivity (Wildman–Crippen MR) is 99.2 cm³/mol. The SMILES string of the molecule is [2H]C([2H])([2H])C([2H])([2H])[N+]1(CC)CCC(=C(c2ccccc2)c2ccccc2)C1C. The zero-order valence-electron chi connectivity index (χ0n) is 18.9. The zero-order chi connectivity index (χ0) is 20.6. The van der Waals surface area contributed by atoms with E-state index in [4.69, 9.17) is 6.85 Å². The summed E-state index contributed by atoms with van der Waals surface area (Å²) in [5, 5.41) is 0. The Morgan fingerprint density at radius 1 is 1.09 bits per heavy atom. The van der Waals surface area contributed by atoms with Crippen molar-refractivity contribution in [3.05, 3.63) is 77.4 Å². The van der Waals surface area contributed by atoms with Crippen molar-refractivity contribution >= 4 is 5.57 Å². The summed E-state index contributed by atoms with van der Waals surface area (Å²) in [5.41, 5.74) is 4.40. The molecule has 0 bridgehead atoms. The van der Waals surface area contributed by atoms with Gasteiger partial charge >= 0.3 is 0 Å². The minimum Gasteiger partial charge on any atom is -0.318 e. The fraction of sp³-hybridized carbons (Fsp3) is 0.364. The number of hydrogen-bond donors (Lipinski definition) is 0. The molecule has 0 amide bonds. The van der Waals surface area contributed by atoms with Crippen LogP contribution in [0.2, 0.25) is 0 Å². The van der Waals surface area contributed by atoms with Gasteiger partial charge in [0.2, 0.25) is 0 Å². The molecule has 1 heteroatoms. The monoisotopic (exact) mass is 311 g/mol. The first-order valence-corrected chi connectivity index (χ1v) is 8.36. The Kier molecular flexibility index (Phi) is 3.16. The smallest absolute Gasteiger partial charge is 0.109 e. The van der Waals surface area contributed by atoms with Gasteiger partial charge in [-0.1, -0.05) is 60.7 Å². The van der Waals surface area contributed by atoms with Crippen LogP contribution in [0.4, 0.5) is 0 Å². The van der Waals surface area contributed by atoms with Crippen LogP contribution in [-0.4, -0.2) is 30.1 Å². The van der Waals surface area contributed by atoms with E-state index in [1.807, 2.05) is 50.2 Å². The number of nitrogens with zero attached hydrogens (tertiary/aromatic N) is 1. The van der Waals surface area contributed by atoms with Gasteiger partial charge in [0, 0.05) is 16.1 Å². The summed E-state index contributed by atoms with van der Waals surface area (Å²) < 4.78 is 40.6. The van der Waals surface area contributed by atoms with Gasteiger partial charge in [-0.2, -0.15) is 0 Å². The Bertz CT molecular complexity index is 801. The summed E-state index contributed by atoms with van der Waals surface area (Å²) in [4.78, 5) is 0. The Morgan fingerprint density at radius 2 is 1.65 bits per heavy atom. The van der Waals surface area contributed by atoms with Crippen molar-refractivity contribution in [1.29, 1.82) is 0 Å². The predicted octanol–water partition coefficient (Wildman–Crippen LogP) is 5.14. The van der Waals surface area contributed by atoms with Gasteiger partial charge in [0.15, 0.2) is 0 Å². The molecule has 23 heavy (non-hydrogen) atoms. The Hall–Kier alpha value is -1.86. The quantitative estimate of drug-likeness (QED) is 0.686. The topological polar surface area (TPSA) is 0 Å². The van der Waals surface area contributed by atoms with Crippen molar-refractivity contribution in [3.8, 4) is 0 Å². The largest absolute Gasteiger partial charge is 0.318 e. The molecule has 1 aliphatic rings. The van der Waals surface area contributed by atoms with Gasteiger partial charge in [-0.15, -0.1) is 0 Å². The van der Waals surface area contributed by atoms with Crippen LogP contribution in [0.5, 0.6) is 0 Å². The van der Waals surface area contributed by atoms with Crippen molar-refractivity contribution < 1.29 is 11.3 Å². The van der Waals surface area contributed by atoms with E-state index in [2.05, 4.69) is 24.3 Å². The van der Waals surface area contributed by atoms with E-state index in [-0.39, 0.29) is 10.5 Å². The van der Waals surface area contributed by atoms with Crippen LogP contribution in [0, 0.1) is 0 Å². The van der Waals surface area contributed by atoms with Crippen molar-refractivity contribution in [2.75, 3.05) is 19.6 Å². The highest BCUT2D eigenvalue weighted by atomic mass is 15.4. The molecule has 1 heterocycles. The third-order valence-corrected chi connectivity index (χ3v) is 5.26. The number of rotatable bonds is 4. The number of quaternary nitrogens is 1. The lowest BCUT2D eigenvalue weighted by molar-refractivity contribution is -0.931. The summed E-state index contributed by atoms with van der Waals surface area (Å²) in [6.45, 7) is -0.169. The van der Waals surface area contributed by atoms with E-state index >= 15 is 0 Å². The van der Waals surface area contributed by atoms with Crippen molar-refractivity contribution in [3.63, 3.8) is 0 Å². The highest BCUT2D eigenvalue weighted by molar-refractivity contribution is 5.82. The fourth-order valence-electron chi connectivity index (χ4n) is 3.77. The highest BCUT2D eigenvalue weighted by Gasteiger charge is 2.40. The van der Waals surface area contributed by atoms with Gasteiger partial charge in [0.1, 0.15) is 6.04 Å². The third kappa shape index (κ3) is 2.86. The molecule has 1 saturated heterocycles. The maximum Gasteiger partial charge on any atom is 0.109 e. The maximum absolute atomic E-state index is 8.55. The minimum absolute atomic E-state index is 0.0675. The third-order valence-electron chi connectivity index (χ3n) is 5.26. The first kappa shape index (κ1) is 10.8. The van der Waals surface area contributed by atoms with Crippen LogP contribution in [0.1, 0.15) is 45.1 Å². The van der Waals surface area contributed by atoms with Gasteiger partial charge < -0.3 is 4.48 Å². The van der Waals surface area contributed by atoms with Crippen molar-refractivity contribution in [1.82, 2.24) is 0 Å². The molecule has 0 saturated carbocycles. The standard InChI is InChI=1S/C22H28N/c1-4-23(5-2)17-16-21(18(23)3)22(19-12-8-6-9-13-19)20-14-10-7-11-15-20/h6-15,18H,4-5,16-17H2,1-3H3/q+1/i1D3,4D2. The lowest BCUT2D eigenvalue weighted by Gasteiger charge is -2.37. The molecule has 2 aromatic rings. The molecule has 0 N–H and O–H groups in total. The number of likely N-dealkylation sites (N-methyl/N-ethyl adjacent to an activating group) is 1. The summed E-state index contributed by atoms with van der Waals surface area (Å²) in [6.07, 6.45) is 0.684. The van der Waals surface area contributed by atoms with Gasteiger partial charge in [0.05, 0.1) is 22.3 Å². The fourth-order valence-corrected chi connectivity index (χ4v) is 3.77. The molecule has 0 spiro atoms. The number of hydrogen-bond acceptors (Lipinski definition) is 0. The molecule has 1 nitrogen and oxygen atoms in total. The second kappa shape index (κ2) is 6.72. The summed E-state index contributed by atoms with van der Waals surface area (Å²) in [5.74, 6) is 0. The Balaban J connectivity index is 2.21. The summed E-state index contributed by atoms with van der Waals surface area (Å²) in [7, 11) is 0. The van der Waals surface area contributed by atoms with Gasteiger partial charge in [-0.25, -0.2) is 0 Å². The molecule has 0 aromatic heterocycles. The second-order valence-corrected chi connectivity index (χ2v) is 6.24.